The van der Waals surface area contributed by atoms with Crippen LogP contribution in [-0.4, -0.2) is 19.2 Å². The number of fused-ring (bicyclic) bond motifs is 1. The molecule has 0 aliphatic rings. The maximum Gasteiger partial charge on any atom is 0.351 e. The molecule has 0 N–H and O–H groups in total. The van der Waals surface area contributed by atoms with Gasteiger partial charge >= 0.3 is 5.69 Å². The van der Waals surface area contributed by atoms with Gasteiger partial charge in [0.1, 0.15) is 11.4 Å². The average Bonchev–Trinajstić information content (AvgIpc) is 2.94. The zero-order chi connectivity index (χ0) is 18.1. The van der Waals surface area contributed by atoms with Crippen molar-refractivity contribution in [3.8, 4) is 0 Å². The van der Waals surface area contributed by atoms with Crippen molar-refractivity contribution < 1.29 is 8.78 Å². The van der Waals surface area contributed by atoms with Crippen molar-refractivity contribution in [1.29, 1.82) is 0 Å². The molecule has 0 aliphatic heterocycles. The molecule has 26 heavy (non-hydrogen) atoms. The Morgan fingerprint density at radius 3 is 2.58 bits per heavy atom. The molecule has 0 unspecified atom stereocenters. The molecule has 4 rings (SSSR count). The van der Waals surface area contributed by atoms with Crippen LogP contribution in [0.4, 0.5) is 8.78 Å². The van der Waals surface area contributed by atoms with Crippen LogP contribution in [0.2, 0.25) is 0 Å². The van der Waals surface area contributed by atoms with Crippen molar-refractivity contribution in [1.82, 2.24) is 19.2 Å². The van der Waals surface area contributed by atoms with E-state index < -0.39 is 17.3 Å². The standard InChI is InChI=1S/C18H12F2N4OS/c19-14-7-6-12(8-15(14)20)10-24-18(25)23-11-21-17(9-16(23)22-24)26-13-4-2-1-3-5-13/h1-9,11H,10H2. The predicted octanol–water partition coefficient (Wildman–Crippen LogP) is 3.37. The van der Waals surface area contributed by atoms with Gasteiger partial charge in [-0.05, 0) is 29.8 Å². The van der Waals surface area contributed by atoms with Crippen LogP contribution in [-0.2, 0) is 6.54 Å². The summed E-state index contributed by atoms with van der Waals surface area (Å²) in [5.41, 5.74) is 0.487. The Balaban J connectivity index is 1.65. The summed E-state index contributed by atoms with van der Waals surface area (Å²) in [6, 6.07) is 14.9. The SMILES string of the molecule is O=c1n(Cc2ccc(F)c(F)c2)nc2cc(Sc3ccccc3)ncn12. The number of halogens is 2. The van der Waals surface area contributed by atoms with Gasteiger partial charge in [0.05, 0.1) is 6.54 Å². The summed E-state index contributed by atoms with van der Waals surface area (Å²) < 4.78 is 28.9. The lowest BCUT2D eigenvalue weighted by Crippen LogP contribution is -2.21. The second kappa shape index (κ2) is 6.72. The first-order valence-electron chi connectivity index (χ1n) is 7.72. The molecule has 2 aromatic heterocycles. The Morgan fingerprint density at radius 2 is 1.81 bits per heavy atom. The predicted molar refractivity (Wildman–Crippen MR) is 93.3 cm³/mol. The summed E-state index contributed by atoms with van der Waals surface area (Å²) >= 11 is 1.46. The van der Waals surface area contributed by atoms with Crippen molar-refractivity contribution in [2.24, 2.45) is 0 Å². The van der Waals surface area contributed by atoms with Gasteiger partial charge in [0, 0.05) is 11.0 Å². The van der Waals surface area contributed by atoms with Crippen LogP contribution in [0.25, 0.3) is 5.65 Å². The van der Waals surface area contributed by atoms with Crippen LogP contribution < -0.4 is 5.69 Å². The van der Waals surface area contributed by atoms with Crippen molar-refractivity contribution >= 4 is 17.4 Å². The monoisotopic (exact) mass is 370 g/mol. The third-order valence-electron chi connectivity index (χ3n) is 3.73. The highest BCUT2D eigenvalue weighted by Gasteiger charge is 2.11. The smallest absolute Gasteiger partial charge is 0.246 e. The van der Waals surface area contributed by atoms with E-state index in [0.29, 0.717) is 16.2 Å². The first kappa shape index (κ1) is 16.5. The first-order chi connectivity index (χ1) is 12.6. The molecule has 0 saturated carbocycles. The number of aromatic nitrogens is 4. The Hall–Kier alpha value is -3.00. The molecule has 0 aliphatic carbocycles. The summed E-state index contributed by atoms with van der Waals surface area (Å²) in [5, 5.41) is 4.96. The number of nitrogens with zero attached hydrogens (tertiary/aromatic N) is 4. The van der Waals surface area contributed by atoms with Crippen LogP contribution in [0.5, 0.6) is 0 Å². The van der Waals surface area contributed by atoms with Gasteiger partial charge in [0.2, 0.25) is 0 Å². The third kappa shape index (κ3) is 3.23. The van der Waals surface area contributed by atoms with Gasteiger partial charge < -0.3 is 0 Å². The minimum atomic E-state index is -0.956. The molecule has 0 bridgehead atoms. The molecule has 0 radical (unpaired) electrons. The van der Waals surface area contributed by atoms with Crippen molar-refractivity contribution in [3.05, 3.63) is 88.6 Å². The Bertz CT molecular complexity index is 1140. The molecule has 8 heteroatoms. The van der Waals surface area contributed by atoms with E-state index in [1.165, 1.54) is 33.2 Å². The minimum absolute atomic E-state index is 0.0406. The van der Waals surface area contributed by atoms with Gasteiger partial charge in [-0.15, -0.1) is 5.10 Å². The zero-order valence-corrected chi connectivity index (χ0v) is 14.2. The number of rotatable bonds is 4. The molecule has 0 fully saturated rings. The van der Waals surface area contributed by atoms with Crippen molar-refractivity contribution in [3.63, 3.8) is 0 Å². The second-order valence-electron chi connectivity index (χ2n) is 5.56. The van der Waals surface area contributed by atoms with Gasteiger partial charge in [-0.3, -0.25) is 0 Å². The summed E-state index contributed by atoms with van der Waals surface area (Å²) in [7, 11) is 0. The molecule has 130 valence electrons. The van der Waals surface area contributed by atoms with E-state index in [9.17, 15) is 13.6 Å². The summed E-state index contributed by atoms with van der Waals surface area (Å²) in [6.07, 6.45) is 1.41. The molecule has 5 nitrogen and oxygen atoms in total. The topological polar surface area (TPSA) is 52.2 Å². The first-order valence-corrected chi connectivity index (χ1v) is 8.54. The molecule has 0 atom stereocenters. The molecule has 0 saturated heterocycles. The Kier molecular flexibility index (Phi) is 4.26. The third-order valence-corrected chi connectivity index (χ3v) is 4.67. The lowest BCUT2D eigenvalue weighted by Gasteiger charge is -2.00. The Morgan fingerprint density at radius 1 is 1.00 bits per heavy atom. The summed E-state index contributed by atoms with van der Waals surface area (Å²) in [6.45, 7) is 0.0406. The van der Waals surface area contributed by atoms with Gasteiger partial charge in [0.25, 0.3) is 0 Å². The fraction of sp³-hybridized carbons (Fsp3) is 0.0556. The van der Waals surface area contributed by atoms with Gasteiger partial charge in [-0.1, -0.05) is 36.0 Å². The zero-order valence-electron chi connectivity index (χ0n) is 13.3. The van der Waals surface area contributed by atoms with Gasteiger partial charge in [-0.25, -0.2) is 27.6 Å². The lowest BCUT2D eigenvalue weighted by molar-refractivity contribution is 0.505. The molecule has 4 aromatic rings. The van der Waals surface area contributed by atoms with E-state index in [0.717, 1.165) is 17.0 Å². The molecule has 0 amide bonds. The lowest BCUT2D eigenvalue weighted by atomic mass is 10.2. The fourth-order valence-electron chi connectivity index (χ4n) is 2.49. The molecule has 2 aromatic carbocycles. The molecule has 2 heterocycles. The van der Waals surface area contributed by atoms with Crippen molar-refractivity contribution in [2.45, 2.75) is 16.5 Å². The highest BCUT2D eigenvalue weighted by atomic mass is 32.2. The number of benzene rings is 2. The van der Waals surface area contributed by atoms with Crippen LogP contribution in [0, 0.1) is 11.6 Å². The minimum Gasteiger partial charge on any atom is -0.246 e. The highest BCUT2D eigenvalue weighted by molar-refractivity contribution is 7.99. The maximum absolute atomic E-state index is 13.3. The molecule has 0 spiro atoms. The summed E-state index contributed by atoms with van der Waals surface area (Å²) in [4.78, 5) is 17.7. The molecular weight excluding hydrogens is 358 g/mol. The van der Waals surface area contributed by atoms with Crippen LogP contribution in [0.15, 0.2) is 75.6 Å². The van der Waals surface area contributed by atoms with E-state index >= 15 is 0 Å². The van der Waals surface area contributed by atoms with Crippen LogP contribution in [0.1, 0.15) is 5.56 Å². The fourth-order valence-corrected chi connectivity index (χ4v) is 3.28. The maximum atomic E-state index is 13.3. The van der Waals surface area contributed by atoms with E-state index in [1.807, 2.05) is 30.3 Å². The second-order valence-corrected chi connectivity index (χ2v) is 6.65. The number of hydrogen-bond acceptors (Lipinski definition) is 4. The van der Waals surface area contributed by atoms with Crippen molar-refractivity contribution in [2.75, 3.05) is 0 Å². The van der Waals surface area contributed by atoms with Gasteiger partial charge in [0.15, 0.2) is 17.3 Å². The quantitative estimate of drug-likeness (QED) is 0.517. The van der Waals surface area contributed by atoms with E-state index in [2.05, 4.69) is 10.1 Å². The highest BCUT2D eigenvalue weighted by Crippen LogP contribution is 2.25. The van der Waals surface area contributed by atoms with E-state index in [1.54, 1.807) is 6.07 Å². The van der Waals surface area contributed by atoms with Crippen LogP contribution in [0.3, 0.4) is 0 Å². The largest absolute Gasteiger partial charge is 0.351 e. The normalized spacial score (nSPS) is 11.2. The van der Waals surface area contributed by atoms with E-state index in [4.69, 9.17) is 0 Å². The average molecular weight is 370 g/mol. The van der Waals surface area contributed by atoms with Gasteiger partial charge in [-0.2, -0.15) is 0 Å². The number of hydrogen-bond donors (Lipinski definition) is 0. The molecular formula is C18H12F2N4OS. The van der Waals surface area contributed by atoms with E-state index in [-0.39, 0.29) is 6.54 Å². The summed E-state index contributed by atoms with van der Waals surface area (Å²) in [5.74, 6) is -1.88. The van der Waals surface area contributed by atoms with Crippen LogP contribution >= 0.6 is 11.8 Å². The Labute approximate surface area is 150 Å².